The summed E-state index contributed by atoms with van der Waals surface area (Å²) in [4.78, 5) is 0. The first kappa shape index (κ1) is 18.8. The number of hydrogen-bond donors (Lipinski definition) is 0. The SMILES string of the molecule is O=S(=O)(Cc1ccccc1)N1CCC(Cc2nncn2Cc2ccccc2)C1. The van der Waals surface area contributed by atoms with Crippen molar-refractivity contribution in [2.24, 2.45) is 5.92 Å². The van der Waals surface area contributed by atoms with E-state index in [1.807, 2.05) is 48.5 Å². The Kier molecular flexibility index (Phi) is 5.54. The van der Waals surface area contributed by atoms with Crippen LogP contribution in [0.1, 0.15) is 23.4 Å². The fourth-order valence-electron chi connectivity index (χ4n) is 3.70. The summed E-state index contributed by atoms with van der Waals surface area (Å²) >= 11 is 0. The van der Waals surface area contributed by atoms with Crippen molar-refractivity contribution in [2.45, 2.75) is 25.1 Å². The highest BCUT2D eigenvalue weighted by molar-refractivity contribution is 7.88. The molecule has 28 heavy (non-hydrogen) atoms. The molecule has 7 heteroatoms. The summed E-state index contributed by atoms with van der Waals surface area (Å²) in [6.07, 6.45) is 3.34. The number of rotatable bonds is 7. The Labute approximate surface area is 165 Å². The maximum absolute atomic E-state index is 12.8. The third kappa shape index (κ3) is 4.48. The molecule has 1 fully saturated rings. The van der Waals surface area contributed by atoms with E-state index in [0.717, 1.165) is 30.8 Å². The van der Waals surface area contributed by atoms with Crippen molar-refractivity contribution < 1.29 is 8.42 Å². The average molecular weight is 397 g/mol. The molecule has 0 bridgehead atoms. The van der Waals surface area contributed by atoms with Gasteiger partial charge in [-0.25, -0.2) is 12.7 Å². The van der Waals surface area contributed by atoms with Crippen LogP contribution in [0.2, 0.25) is 0 Å². The van der Waals surface area contributed by atoms with Crippen LogP contribution in [0.3, 0.4) is 0 Å². The molecule has 4 rings (SSSR count). The first-order chi connectivity index (χ1) is 13.6. The van der Waals surface area contributed by atoms with Crippen molar-refractivity contribution in [1.29, 1.82) is 0 Å². The van der Waals surface area contributed by atoms with Gasteiger partial charge in [-0.05, 0) is 23.5 Å². The molecule has 1 saturated heterocycles. The van der Waals surface area contributed by atoms with E-state index in [9.17, 15) is 8.42 Å². The summed E-state index contributed by atoms with van der Waals surface area (Å²) in [5.41, 5.74) is 2.02. The van der Waals surface area contributed by atoms with Gasteiger partial charge in [-0.3, -0.25) is 0 Å². The lowest BCUT2D eigenvalue weighted by atomic mass is 10.0. The highest BCUT2D eigenvalue weighted by atomic mass is 32.2. The largest absolute Gasteiger partial charge is 0.313 e. The fourth-order valence-corrected chi connectivity index (χ4v) is 5.32. The Balaban J connectivity index is 1.38. The van der Waals surface area contributed by atoms with Crippen LogP contribution in [0.5, 0.6) is 0 Å². The van der Waals surface area contributed by atoms with Gasteiger partial charge in [0.25, 0.3) is 0 Å². The minimum absolute atomic E-state index is 0.0603. The molecule has 1 aromatic heterocycles. The predicted molar refractivity (Wildman–Crippen MR) is 108 cm³/mol. The zero-order chi connectivity index (χ0) is 19.4. The second-order valence-electron chi connectivity index (χ2n) is 7.32. The van der Waals surface area contributed by atoms with Crippen LogP contribution in [0.15, 0.2) is 67.0 Å². The van der Waals surface area contributed by atoms with Crippen molar-refractivity contribution in [3.63, 3.8) is 0 Å². The van der Waals surface area contributed by atoms with Gasteiger partial charge in [0.1, 0.15) is 12.2 Å². The summed E-state index contributed by atoms with van der Waals surface area (Å²) in [5, 5.41) is 8.34. The van der Waals surface area contributed by atoms with E-state index in [1.165, 1.54) is 5.56 Å². The third-order valence-corrected chi connectivity index (χ3v) is 7.01. The molecule has 1 aliphatic heterocycles. The molecule has 0 amide bonds. The standard InChI is InChI=1S/C21H24N4O2S/c26-28(27,16-19-9-5-2-6-10-19)25-12-11-20(15-25)13-21-23-22-17-24(21)14-18-7-3-1-4-8-18/h1-10,17,20H,11-16H2. The summed E-state index contributed by atoms with van der Waals surface area (Å²) < 4.78 is 29.2. The van der Waals surface area contributed by atoms with Gasteiger partial charge in [0.15, 0.2) is 0 Å². The topological polar surface area (TPSA) is 68.1 Å². The maximum Gasteiger partial charge on any atom is 0.218 e. The lowest BCUT2D eigenvalue weighted by Crippen LogP contribution is -2.30. The summed E-state index contributed by atoms with van der Waals surface area (Å²) in [5.74, 6) is 1.24. The van der Waals surface area contributed by atoms with Crippen LogP contribution in [-0.4, -0.2) is 40.6 Å². The van der Waals surface area contributed by atoms with Crippen LogP contribution < -0.4 is 0 Å². The van der Waals surface area contributed by atoms with Gasteiger partial charge < -0.3 is 4.57 Å². The van der Waals surface area contributed by atoms with Crippen LogP contribution in [0, 0.1) is 5.92 Å². The van der Waals surface area contributed by atoms with Crippen molar-refractivity contribution in [3.8, 4) is 0 Å². The molecule has 1 aliphatic rings. The lowest BCUT2D eigenvalue weighted by Gasteiger charge is -2.17. The molecule has 0 N–H and O–H groups in total. The number of aromatic nitrogens is 3. The molecule has 146 valence electrons. The van der Waals surface area contributed by atoms with E-state index in [4.69, 9.17) is 0 Å². The van der Waals surface area contributed by atoms with E-state index in [-0.39, 0.29) is 11.7 Å². The van der Waals surface area contributed by atoms with E-state index in [2.05, 4.69) is 26.9 Å². The minimum Gasteiger partial charge on any atom is -0.313 e. The fraction of sp³-hybridized carbons (Fsp3) is 0.333. The number of sulfonamides is 1. The second-order valence-corrected chi connectivity index (χ2v) is 9.29. The Morgan fingerprint density at radius 2 is 1.64 bits per heavy atom. The molecule has 2 aromatic carbocycles. The van der Waals surface area contributed by atoms with E-state index in [0.29, 0.717) is 13.1 Å². The zero-order valence-corrected chi connectivity index (χ0v) is 16.5. The average Bonchev–Trinajstić information content (AvgIpc) is 3.34. The Bertz CT molecular complexity index is 1000. The summed E-state index contributed by atoms with van der Waals surface area (Å²) in [6.45, 7) is 1.85. The van der Waals surface area contributed by atoms with Crippen LogP contribution in [0.4, 0.5) is 0 Å². The van der Waals surface area contributed by atoms with Crippen molar-refractivity contribution in [1.82, 2.24) is 19.1 Å². The van der Waals surface area contributed by atoms with Crippen LogP contribution in [0.25, 0.3) is 0 Å². The molecule has 1 unspecified atom stereocenters. The van der Waals surface area contributed by atoms with Crippen molar-refractivity contribution in [2.75, 3.05) is 13.1 Å². The normalized spacial score (nSPS) is 17.8. The number of nitrogens with zero attached hydrogens (tertiary/aromatic N) is 4. The van der Waals surface area contributed by atoms with Gasteiger partial charge >= 0.3 is 0 Å². The Hall–Kier alpha value is -2.51. The molecule has 0 spiro atoms. The molecule has 2 heterocycles. The molecule has 0 aliphatic carbocycles. The van der Waals surface area contributed by atoms with E-state index in [1.54, 1.807) is 10.6 Å². The van der Waals surface area contributed by atoms with Gasteiger partial charge in [-0.15, -0.1) is 10.2 Å². The number of benzene rings is 2. The first-order valence-electron chi connectivity index (χ1n) is 9.52. The highest BCUT2D eigenvalue weighted by Gasteiger charge is 2.32. The Morgan fingerprint density at radius 3 is 2.36 bits per heavy atom. The second kappa shape index (κ2) is 8.24. The lowest BCUT2D eigenvalue weighted by molar-refractivity contribution is 0.450. The van der Waals surface area contributed by atoms with Gasteiger partial charge in [-0.1, -0.05) is 60.7 Å². The molecular weight excluding hydrogens is 372 g/mol. The van der Waals surface area contributed by atoms with Gasteiger partial charge in [0.2, 0.25) is 10.0 Å². The smallest absolute Gasteiger partial charge is 0.218 e. The van der Waals surface area contributed by atoms with E-state index >= 15 is 0 Å². The minimum atomic E-state index is -3.29. The van der Waals surface area contributed by atoms with Gasteiger partial charge in [0, 0.05) is 19.5 Å². The first-order valence-corrected chi connectivity index (χ1v) is 11.1. The summed E-state index contributed by atoms with van der Waals surface area (Å²) in [7, 11) is -3.29. The molecule has 0 saturated carbocycles. The van der Waals surface area contributed by atoms with Gasteiger partial charge in [0.05, 0.1) is 12.3 Å². The van der Waals surface area contributed by atoms with Gasteiger partial charge in [-0.2, -0.15) is 0 Å². The molecular formula is C21H24N4O2S. The van der Waals surface area contributed by atoms with Crippen molar-refractivity contribution >= 4 is 10.0 Å². The summed E-state index contributed by atoms with van der Waals surface area (Å²) in [6, 6.07) is 19.6. The zero-order valence-electron chi connectivity index (χ0n) is 15.7. The monoisotopic (exact) mass is 396 g/mol. The van der Waals surface area contributed by atoms with E-state index < -0.39 is 10.0 Å². The molecule has 3 aromatic rings. The molecule has 6 nitrogen and oxygen atoms in total. The number of hydrogen-bond acceptors (Lipinski definition) is 4. The quantitative estimate of drug-likeness (QED) is 0.616. The van der Waals surface area contributed by atoms with Crippen molar-refractivity contribution in [3.05, 3.63) is 83.9 Å². The van der Waals surface area contributed by atoms with Crippen LogP contribution in [-0.2, 0) is 28.7 Å². The maximum atomic E-state index is 12.8. The third-order valence-electron chi connectivity index (χ3n) is 5.20. The Morgan fingerprint density at radius 1 is 0.964 bits per heavy atom. The highest BCUT2D eigenvalue weighted by Crippen LogP contribution is 2.24. The molecule has 0 radical (unpaired) electrons. The molecule has 1 atom stereocenters. The van der Waals surface area contributed by atoms with Crippen LogP contribution >= 0.6 is 0 Å². The predicted octanol–water partition coefficient (Wildman–Crippen LogP) is 2.72.